The van der Waals surface area contributed by atoms with E-state index in [-0.39, 0.29) is 5.69 Å². The molecule has 0 saturated carbocycles. The van der Waals surface area contributed by atoms with Crippen LogP contribution in [0.4, 0.5) is 0 Å². The number of aromatic nitrogens is 1. The van der Waals surface area contributed by atoms with Crippen molar-refractivity contribution in [3.63, 3.8) is 0 Å². The maximum absolute atomic E-state index is 8.67. The molecule has 84 valence electrons. The summed E-state index contributed by atoms with van der Waals surface area (Å²) in [6.45, 7) is 1.10. The van der Waals surface area contributed by atoms with E-state index in [0.29, 0.717) is 24.7 Å². The number of hydrogen-bond donors (Lipinski definition) is 0. The van der Waals surface area contributed by atoms with Crippen molar-refractivity contribution in [2.75, 3.05) is 13.2 Å². The summed E-state index contributed by atoms with van der Waals surface area (Å²) in [5.41, 5.74) is 1.07. The molecule has 0 saturated heterocycles. The van der Waals surface area contributed by atoms with Crippen LogP contribution in [0, 0.1) is 11.3 Å². The molecule has 1 aliphatic rings. The molecule has 1 aromatic heterocycles. The molecule has 5 heteroatoms. The quantitative estimate of drug-likeness (QED) is 0.746. The molecule has 17 heavy (non-hydrogen) atoms. The van der Waals surface area contributed by atoms with Gasteiger partial charge >= 0.3 is 0 Å². The normalized spacial score (nSPS) is 13.1. The van der Waals surface area contributed by atoms with Crippen LogP contribution in [0.2, 0.25) is 0 Å². The number of rotatable bonds is 1. The molecule has 1 aliphatic heterocycles. The van der Waals surface area contributed by atoms with Crippen LogP contribution in [0.15, 0.2) is 28.8 Å². The lowest BCUT2D eigenvalue weighted by Crippen LogP contribution is -2.15. The Hall–Kier alpha value is -2.48. The van der Waals surface area contributed by atoms with E-state index in [0.717, 1.165) is 11.3 Å². The Balaban J connectivity index is 2.01. The topological polar surface area (TPSA) is 68.3 Å². The average molecular weight is 228 g/mol. The van der Waals surface area contributed by atoms with Crippen molar-refractivity contribution in [1.29, 1.82) is 5.26 Å². The lowest BCUT2D eigenvalue weighted by Gasteiger charge is -2.18. The average Bonchev–Trinajstić information content (AvgIpc) is 2.87. The van der Waals surface area contributed by atoms with Gasteiger partial charge in [-0.1, -0.05) is 5.16 Å². The van der Waals surface area contributed by atoms with Gasteiger partial charge in [-0.25, -0.2) is 0 Å². The molecule has 1 aromatic carbocycles. The van der Waals surface area contributed by atoms with Crippen LogP contribution in [0.25, 0.3) is 11.3 Å². The van der Waals surface area contributed by atoms with Crippen molar-refractivity contribution in [3.05, 3.63) is 30.0 Å². The summed E-state index contributed by atoms with van der Waals surface area (Å²) in [4.78, 5) is 0. The second-order valence-corrected chi connectivity index (χ2v) is 3.55. The molecular weight excluding hydrogens is 220 g/mol. The molecule has 0 radical (unpaired) electrons. The Kier molecular flexibility index (Phi) is 2.19. The number of fused-ring (bicyclic) bond motifs is 1. The first-order valence-corrected chi connectivity index (χ1v) is 5.13. The van der Waals surface area contributed by atoms with E-state index in [1.807, 2.05) is 24.3 Å². The molecule has 0 N–H and O–H groups in total. The van der Waals surface area contributed by atoms with Crippen molar-refractivity contribution < 1.29 is 14.0 Å². The van der Waals surface area contributed by atoms with Crippen LogP contribution in [0.1, 0.15) is 5.69 Å². The molecule has 5 nitrogen and oxygen atoms in total. The van der Waals surface area contributed by atoms with E-state index in [2.05, 4.69) is 5.16 Å². The summed E-state index contributed by atoms with van der Waals surface area (Å²) in [6, 6.07) is 8.98. The Labute approximate surface area is 97.2 Å². The van der Waals surface area contributed by atoms with Gasteiger partial charge in [0.15, 0.2) is 23.0 Å². The Morgan fingerprint density at radius 3 is 2.71 bits per heavy atom. The molecule has 0 bridgehead atoms. The predicted molar refractivity (Wildman–Crippen MR) is 57.6 cm³/mol. The third kappa shape index (κ3) is 1.70. The molecule has 0 fully saturated rings. The van der Waals surface area contributed by atoms with Gasteiger partial charge in [0.2, 0.25) is 0 Å². The fourth-order valence-electron chi connectivity index (χ4n) is 1.66. The molecule has 0 aliphatic carbocycles. The highest BCUT2D eigenvalue weighted by Crippen LogP contribution is 2.34. The van der Waals surface area contributed by atoms with Crippen LogP contribution in [0.3, 0.4) is 0 Å². The zero-order valence-corrected chi connectivity index (χ0v) is 8.84. The highest BCUT2D eigenvalue weighted by atomic mass is 16.6. The maximum Gasteiger partial charge on any atom is 0.184 e. The summed E-state index contributed by atoms with van der Waals surface area (Å²) in [6.07, 6.45) is 0. The van der Waals surface area contributed by atoms with E-state index >= 15 is 0 Å². The van der Waals surface area contributed by atoms with Crippen LogP contribution < -0.4 is 9.47 Å². The summed E-state index contributed by atoms with van der Waals surface area (Å²) in [5, 5.41) is 12.3. The smallest absolute Gasteiger partial charge is 0.184 e. The standard InChI is InChI=1S/C12H8N2O3/c13-7-9-6-11(17-14-9)8-1-2-10-12(5-8)16-4-3-15-10/h1-2,5-6H,3-4H2. The minimum atomic E-state index is 0.259. The second-order valence-electron chi connectivity index (χ2n) is 3.55. The van der Waals surface area contributed by atoms with Crippen molar-refractivity contribution in [1.82, 2.24) is 5.16 Å². The first-order valence-electron chi connectivity index (χ1n) is 5.13. The van der Waals surface area contributed by atoms with Crippen LogP contribution in [-0.2, 0) is 0 Å². The molecule has 0 atom stereocenters. The van der Waals surface area contributed by atoms with Crippen LogP contribution >= 0.6 is 0 Å². The van der Waals surface area contributed by atoms with Crippen LogP contribution in [-0.4, -0.2) is 18.4 Å². The van der Waals surface area contributed by atoms with Crippen molar-refractivity contribution >= 4 is 0 Å². The van der Waals surface area contributed by atoms with E-state index < -0.39 is 0 Å². The fourth-order valence-corrected chi connectivity index (χ4v) is 1.66. The lowest BCUT2D eigenvalue weighted by molar-refractivity contribution is 0.171. The Bertz CT molecular complexity index is 598. The maximum atomic E-state index is 8.67. The van der Waals surface area contributed by atoms with Gasteiger partial charge < -0.3 is 14.0 Å². The largest absolute Gasteiger partial charge is 0.486 e. The summed E-state index contributed by atoms with van der Waals surface area (Å²) >= 11 is 0. The molecule has 3 rings (SSSR count). The van der Waals surface area contributed by atoms with E-state index in [1.165, 1.54) is 0 Å². The number of nitrogens with zero attached hydrogens (tertiary/aromatic N) is 2. The van der Waals surface area contributed by atoms with Crippen molar-refractivity contribution in [3.8, 4) is 28.9 Å². The van der Waals surface area contributed by atoms with Gasteiger partial charge in [-0.2, -0.15) is 5.26 Å². The van der Waals surface area contributed by atoms with E-state index in [9.17, 15) is 0 Å². The summed E-state index contributed by atoms with van der Waals surface area (Å²) < 4.78 is 15.9. The SMILES string of the molecule is N#Cc1cc(-c2ccc3c(c2)OCCO3)on1. The monoisotopic (exact) mass is 228 g/mol. The Morgan fingerprint density at radius 2 is 1.94 bits per heavy atom. The van der Waals surface area contributed by atoms with Gasteiger partial charge in [0.05, 0.1) is 0 Å². The molecule has 2 aromatic rings. The minimum absolute atomic E-state index is 0.259. The molecule has 0 amide bonds. The predicted octanol–water partition coefficient (Wildman–Crippen LogP) is 1.98. The third-order valence-corrected chi connectivity index (χ3v) is 2.45. The van der Waals surface area contributed by atoms with Gasteiger partial charge in [-0.3, -0.25) is 0 Å². The summed E-state index contributed by atoms with van der Waals surface area (Å²) in [7, 11) is 0. The number of nitriles is 1. The highest BCUT2D eigenvalue weighted by molar-refractivity contribution is 5.63. The number of ether oxygens (including phenoxy) is 2. The second kappa shape index (κ2) is 3.83. The van der Waals surface area contributed by atoms with E-state index in [1.54, 1.807) is 6.07 Å². The first kappa shape index (κ1) is 9.73. The third-order valence-electron chi connectivity index (χ3n) is 2.45. The summed E-state index contributed by atoms with van der Waals surface area (Å²) in [5.74, 6) is 1.95. The molecular formula is C12H8N2O3. The van der Waals surface area contributed by atoms with E-state index in [4.69, 9.17) is 19.3 Å². The number of hydrogen-bond acceptors (Lipinski definition) is 5. The van der Waals surface area contributed by atoms with Crippen LogP contribution in [0.5, 0.6) is 11.5 Å². The van der Waals surface area contributed by atoms with Crippen molar-refractivity contribution in [2.24, 2.45) is 0 Å². The number of benzene rings is 1. The lowest BCUT2D eigenvalue weighted by atomic mass is 10.1. The van der Waals surface area contributed by atoms with Gasteiger partial charge in [-0.15, -0.1) is 0 Å². The van der Waals surface area contributed by atoms with Gasteiger partial charge in [0, 0.05) is 11.6 Å². The first-order chi connectivity index (χ1) is 8.36. The van der Waals surface area contributed by atoms with Gasteiger partial charge in [-0.05, 0) is 18.2 Å². The van der Waals surface area contributed by atoms with Gasteiger partial charge in [0.25, 0.3) is 0 Å². The molecule has 2 heterocycles. The van der Waals surface area contributed by atoms with Gasteiger partial charge in [0.1, 0.15) is 19.3 Å². The van der Waals surface area contributed by atoms with Crippen molar-refractivity contribution in [2.45, 2.75) is 0 Å². The molecule has 0 spiro atoms. The molecule has 0 unspecified atom stereocenters. The zero-order valence-electron chi connectivity index (χ0n) is 8.84. The highest BCUT2D eigenvalue weighted by Gasteiger charge is 2.14. The fraction of sp³-hybridized carbons (Fsp3) is 0.167. The minimum Gasteiger partial charge on any atom is -0.486 e. The zero-order chi connectivity index (χ0) is 11.7. The Morgan fingerprint density at radius 1 is 1.12 bits per heavy atom.